The summed E-state index contributed by atoms with van der Waals surface area (Å²) in [5.74, 6) is 0.877. The molecular weight excluding hydrogens is 378 g/mol. The van der Waals surface area contributed by atoms with Crippen LogP contribution >= 0.6 is 11.3 Å². The summed E-state index contributed by atoms with van der Waals surface area (Å²) in [7, 11) is 1.71. The first kappa shape index (κ1) is 18.4. The molecule has 2 aromatic heterocycles. The van der Waals surface area contributed by atoms with E-state index < -0.39 is 0 Å². The van der Waals surface area contributed by atoms with Crippen LogP contribution in [0, 0.1) is 0 Å². The molecule has 1 aliphatic rings. The lowest BCUT2D eigenvalue weighted by Crippen LogP contribution is -2.33. The van der Waals surface area contributed by atoms with E-state index in [-0.39, 0.29) is 0 Å². The highest BCUT2D eigenvalue weighted by molar-refractivity contribution is 7.13. The van der Waals surface area contributed by atoms with Crippen LogP contribution in [0.1, 0.15) is 36.7 Å². The van der Waals surface area contributed by atoms with Crippen molar-refractivity contribution in [3.63, 3.8) is 0 Å². The first-order valence-electron chi connectivity index (χ1n) is 10.2. The number of aromatic nitrogens is 2. The smallest absolute Gasteiger partial charge is 0.129 e. The first-order chi connectivity index (χ1) is 14.3. The molecule has 0 aliphatic carbocycles. The highest BCUT2D eigenvalue weighted by Gasteiger charge is 2.26. The number of ether oxygens (including phenoxy) is 1. The van der Waals surface area contributed by atoms with Gasteiger partial charge in [-0.2, -0.15) is 0 Å². The molecular formula is C24H25N3OS. The summed E-state index contributed by atoms with van der Waals surface area (Å²) < 4.78 is 5.51. The largest absolute Gasteiger partial charge is 0.496 e. The molecule has 5 heteroatoms. The van der Waals surface area contributed by atoms with Gasteiger partial charge in [0.2, 0.25) is 0 Å². The average molecular weight is 404 g/mol. The molecule has 3 heterocycles. The Morgan fingerprint density at radius 1 is 1.14 bits per heavy atom. The van der Waals surface area contributed by atoms with E-state index in [1.54, 1.807) is 18.4 Å². The molecule has 1 atom stereocenters. The number of likely N-dealkylation sites (tertiary alicyclic amines) is 1. The fourth-order valence-corrected chi connectivity index (χ4v) is 5.18. The molecule has 5 rings (SSSR count). The third-order valence-electron chi connectivity index (χ3n) is 5.78. The van der Waals surface area contributed by atoms with Crippen molar-refractivity contribution in [2.75, 3.05) is 13.7 Å². The van der Waals surface area contributed by atoms with Gasteiger partial charge in [-0.25, -0.2) is 4.98 Å². The summed E-state index contributed by atoms with van der Waals surface area (Å²) in [6.45, 7) is 1.99. The predicted molar refractivity (Wildman–Crippen MR) is 119 cm³/mol. The topological polar surface area (TPSA) is 41.1 Å². The summed E-state index contributed by atoms with van der Waals surface area (Å²) in [6.07, 6.45) is 3.72. The lowest BCUT2D eigenvalue weighted by molar-refractivity contribution is 0.136. The van der Waals surface area contributed by atoms with Gasteiger partial charge in [0.25, 0.3) is 0 Å². The zero-order valence-electron chi connectivity index (χ0n) is 16.6. The maximum Gasteiger partial charge on any atom is 0.129 e. The van der Waals surface area contributed by atoms with Gasteiger partial charge in [0.1, 0.15) is 10.8 Å². The number of para-hydroxylation sites is 2. The second kappa shape index (κ2) is 8.01. The molecule has 1 N–H and O–H groups in total. The summed E-state index contributed by atoms with van der Waals surface area (Å²) >= 11 is 1.70. The van der Waals surface area contributed by atoms with Gasteiger partial charge in [-0.3, -0.25) is 4.90 Å². The van der Waals surface area contributed by atoms with Crippen LogP contribution in [0.3, 0.4) is 0 Å². The quantitative estimate of drug-likeness (QED) is 0.442. The van der Waals surface area contributed by atoms with Crippen LogP contribution in [0.5, 0.6) is 5.75 Å². The zero-order chi connectivity index (χ0) is 19.6. The first-order valence-corrected chi connectivity index (χ1v) is 11.1. The SMILES string of the molecule is COc1ccccc1-c1nc(CN2CCCCC2c2cc3ccccc3[nH]2)cs1. The predicted octanol–water partition coefficient (Wildman–Crippen LogP) is 6.03. The number of nitrogens with one attached hydrogen (secondary N) is 1. The van der Waals surface area contributed by atoms with Crippen LogP contribution in [0.4, 0.5) is 0 Å². The molecule has 29 heavy (non-hydrogen) atoms. The highest BCUT2D eigenvalue weighted by atomic mass is 32.1. The van der Waals surface area contributed by atoms with Gasteiger partial charge < -0.3 is 9.72 Å². The fraction of sp³-hybridized carbons (Fsp3) is 0.292. The Bertz CT molecular complexity index is 1080. The Kier molecular flexibility index (Phi) is 5.08. The van der Waals surface area contributed by atoms with Crippen molar-refractivity contribution in [2.45, 2.75) is 31.8 Å². The molecule has 0 saturated carbocycles. The Labute approximate surface area is 175 Å². The Morgan fingerprint density at radius 2 is 2.00 bits per heavy atom. The average Bonchev–Trinajstić information content (AvgIpc) is 3.41. The Morgan fingerprint density at radius 3 is 2.90 bits per heavy atom. The van der Waals surface area contributed by atoms with Crippen molar-refractivity contribution in [1.82, 2.24) is 14.9 Å². The Balaban J connectivity index is 1.39. The lowest BCUT2D eigenvalue weighted by Gasteiger charge is -2.34. The van der Waals surface area contributed by atoms with Crippen molar-refractivity contribution in [2.24, 2.45) is 0 Å². The van der Waals surface area contributed by atoms with Gasteiger partial charge in [-0.05, 0) is 49.0 Å². The molecule has 4 nitrogen and oxygen atoms in total. The minimum atomic E-state index is 0.424. The number of rotatable bonds is 5. The monoisotopic (exact) mass is 403 g/mol. The number of fused-ring (bicyclic) bond motifs is 1. The van der Waals surface area contributed by atoms with E-state index in [2.05, 4.69) is 51.7 Å². The second-order valence-electron chi connectivity index (χ2n) is 7.64. The zero-order valence-corrected chi connectivity index (χ0v) is 17.4. The van der Waals surface area contributed by atoms with Crippen LogP contribution in [0.25, 0.3) is 21.5 Å². The third-order valence-corrected chi connectivity index (χ3v) is 6.70. The van der Waals surface area contributed by atoms with Crippen LogP contribution in [-0.4, -0.2) is 28.5 Å². The number of hydrogen-bond donors (Lipinski definition) is 1. The van der Waals surface area contributed by atoms with Crippen molar-refractivity contribution < 1.29 is 4.74 Å². The standard InChI is InChI=1S/C24H25N3OS/c1-28-23-12-5-3-9-19(23)24-25-18(16-29-24)15-27-13-7-6-11-22(27)21-14-17-8-2-4-10-20(17)26-21/h2-5,8-10,12,14,16,22,26H,6-7,11,13,15H2,1H3. The maximum absolute atomic E-state index is 5.51. The molecule has 1 unspecified atom stereocenters. The van der Waals surface area contributed by atoms with Crippen LogP contribution in [0.15, 0.2) is 60.0 Å². The van der Waals surface area contributed by atoms with E-state index in [0.29, 0.717) is 6.04 Å². The van der Waals surface area contributed by atoms with E-state index in [0.717, 1.165) is 35.1 Å². The molecule has 0 bridgehead atoms. The number of nitrogens with zero attached hydrogens (tertiary/aromatic N) is 2. The number of piperidine rings is 1. The number of benzene rings is 2. The number of H-pyrrole nitrogens is 1. The van der Waals surface area contributed by atoms with Crippen LogP contribution < -0.4 is 4.74 Å². The van der Waals surface area contributed by atoms with Gasteiger partial charge >= 0.3 is 0 Å². The Hall–Kier alpha value is -2.63. The van der Waals surface area contributed by atoms with Gasteiger partial charge in [0.15, 0.2) is 0 Å². The molecule has 0 radical (unpaired) electrons. The van der Waals surface area contributed by atoms with E-state index >= 15 is 0 Å². The molecule has 4 aromatic rings. The van der Waals surface area contributed by atoms with E-state index in [4.69, 9.17) is 9.72 Å². The molecule has 0 spiro atoms. The van der Waals surface area contributed by atoms with Gasteiger partial charge in [0.05, 0.1) is 24.4 Å². The van der Waals surface area contributed by atoms with Gasteiger partial charge in [-0.15, -0.1) is 11.3 Å². The van der Waals surface area contributed by atoms with Crippen molar-refractivity contribution in [3.05, 3.63) is 71.4 Å². The molecule has 2 aromatic carbocycles. The normalized spacial score (nSPS) is 17.6. The van der Waals surface area contributed by atoms with Crippen molar-refractivity contribution in [1.29, 1.82) is 0 Å². The van der Waals surface area contributed by atoms with E-state index in [1.807, 2.05) is 18.2 Å². The fourth-order valence-electron chi connectivity index (χ4n) is 4.34. The summed E-state index contributed by atoms with van der Waals surface area (Å²) in [6, 6.07) is 19.4. The minimum Gasteiger partial charge on any atom is -0.496 e. The molecule has 148 valence electrons. The van der Waals surface area contributed by atoms with Gasteiger partial charge in [0, 0.05) is 23.1 Å². The molecule has 0 amide bonds. The number of aromatic amines is 1. The van der Waals surface area contributed by atoms with Crippen LogP contribution in [-0.2, 0) is 6.54 Å². The summed E-state index contributed by atoms with van der Waals surface area (Å²) in [5, 5.41) is 4.51. The minimum absolute atomic E-state index is 0.424. The molecule has 1 fully saturated rings. The van der Waals surface area contributed by atoms with E-state index in [1.165, 1.54) is 35.9 Å². The second-order valence-corrected chi connectivity index (χ2v) is 8.50. The number of methoxy groups -OCH3 is 1. The summed E-state index contributed by atoms with van der Waals surface area (Å²) in [4.78, 5) is 11.2. The van der Waals surface area contributed by atoms with Crippen LogP contribution in [0.2, 0.25) is 0 Å². The van der Waals surface area contributed by atoms with Gasteiger partial charge in [-0.1, -0.05) is 36.8 Å². The van der Waals surface area contributed by atoms with Crippen molar-refractivity contribution >= 4 is 22.2 Å². The van der Waals surface area contributed by atoms with Crippen molar-refractivity contribution in [3.8, 4) is 16.3 Å². The lowest BCUT2D eigenvalue weighted by atomic mass is 9.99. The number of thiazole rings is 1. The maximum atomic E-state index is 5.51. The molecule has 1 saturated heterocycles. The molecule has 1 aliphatic heterocycles. The number of hydrogen-bond acceptors (Lipinski definition) is 4. The third kappa shape index (κ3) is 3.68. The summed E-state index contributed by atoms with van der Waals surface area (Å²) in [5.41, 5.74) is 4.75. The highest BCUT2D eigenvalue weighted by Crippen LogP contribution is 2.35. The van der Waals surface area contributed by atoms with E-state index in [9.17, 15) is 0 Å².